The molecule has 5 nitrogen and oxygen atoms in total. The summed E-state index contributed by atoms with van der Waals surface area (Å²) in [7, 11) is 1.65. The van der Waals surface area contributed by atoms with Crippen LogP contribution in [0.2, 0.25) is 0 Å². The predicted molar refractivity (Wildman–Crippen MR) is 66.7 cm³/mol. The van der Waals surface area contributed by atoms with Crippen LogP contribution in [0.3, 0.4) is 0 Å². The van der Waals surface area contributed by atoms with Gasteiger partial charge in [0.1, 0.15) is 5.75 Å². The summed E-state index contributed by atoms with van der Waals surface area (Å²) in [6.45, 7) is 0.598. The number of carboxylic acid groups (broad SMARTS) is 1. The highest BCUT2D eigenvalue weighted by Crippen LogP contribution is 2.44. The molecule has 1 saturated carbocycles. The fraction of sp³-hybridized carbons (Fsp3) is 0.538. The van der Waals surface area contributed by atoms with E-state index in [1.54, 1.807) is 19.4 Å². The van der Waals surface area contributed by atoms with Crippen molar-refractivity contribution in [3.63, 3.8) is 0 Å². The van der Waals surface area contributed by atoms with Gasteiger partial charge in [0.05, 0.1) is 12.8 Å². The number of ether oxygens (including phenoxy) is 1. The summed E-state index contributed by atoms with van der Waals surface area (Å²) in [4.78, 5) is 16.3. The van der Waals surface area contributed by atoms with E-state index in [0.717, 1.165) is 31.4 Å². The lowest BCUT2D eigenvalue weighted by atomic mass is 10.1. The number of carbonyl (C=O) groups is 1. The van der Waals surface area contributed by atoms with Crippen LogP contribution in [0.5, 0.6) is 5.75 Å². The highest BCUT2D eigenvalue weighted by Gasteiger charge is 2.47. The molecule has 18 heavy (non-hydrogen) atoms. The summed E-state index contributed by atoms with van der Waals surface area (Å²) in [6, 6.07) is 3.69. The minimum Gasteiger partial charge on any atom is -0.492 e. The Hall–Kier alpha value is -1.78. The molecule has 2 rings (SSSR count). The number of pyridine rings is 1. The van der Waals surface area contributed by atoms with E-state index in [0.29, 0.717) is 6.61 Å². The fourth-order valence-electron chi connectivity index (χ4n) is 2.12. The lowest BCUT2D eigenvalue weighted by molar-refractivity contribution is 0.126. The van der Waals surface area contributed by atoms with E-state index < -0.39 is 6.09 Å². The molecule has 98 valence electrons. The maximum atomic E-state index is 10.9. The van der Waals surface area contributed by atoms with Crippen molar-refractivity contribution in [1.82, 2.24) is 9.88 Å². The molecule has 1 N–H and O–H groups in total. The first-order chi connectivity index (χ1) is 8.64. The average Bonchev–Trinajstić information content (AvgIpc) is 3.16. The van der Waals surface area contributed by atoms with Gasteiger partial charge in [0.15, 0.2) is 0 Å². The third kappa shape index (κ3) is 2.91. The van der Waals surface area contributed by atoms with E-state index in [4.69, 9.17) is 9.84 Å². The maximum absolute atomic E-state index is 10.9. The number of rotatable bonds is 6. The molecule has 1 fully saturated rings. The van der Waals surface area contributed by atoms with Gasteiger partial charge >= 0.3 is 6.09 Å². The smallest absolute Gasteiger partial charge is 0.407 e. The van der Waals surface area contributed by atoms with Crippen LogP contribution in [-0.4, -0.2) is 40.3 Å². The first-order valence-electron chi connectivity index (χ1n) is 6.14. The highest BCUT2D eigenvalue weighted by atomic mass is 16.5. The quantitative estimate of drug-likeness (QED) is 0.787. The van der Waals surface area contributed by atoms with E-state index in [2.05, 4.69) is 4.98 Å². The molecule has 0 radical (unpaired) electrons. The van der Waals surface area contributed by atoms with Gasteiger partial charge in [0.2, 0.25) is 0 Å². The van der Waals surface area contributed by atoms with Gasteiger partial charge < -0.3 is 14.7 Å². The van der Waals surface area contributed by atoms with E-state index >= 15 is 0 Å². The van der Waals surface area contributed by atoms with Crippen molar-refractivity contribution in [3.8, 4) is 5.75 Å². The summed E-state index contributed by atoms with van der Waals surface area (Å²) in [5.74, 6) is 0.758. The second kappa shape index (κ2) is 5.25. The molecule has 0 aromatic carbocycles. The molecule has 1 aromatic rings. The van der Waals surface area contributed by atoms with Gasteiger partial charge in [-0.05, 0) is 37.8 Å². The van der Waals surface area contributed by atoms with Crippen LogP contribution in [0, 0.1) is 0 Å². The van der Waals surface area contributed by atoms with Crippen LogP contribution in [0.15, 0.2) is 24.5 Å². The third-order valence-corrected chi connectivity index (χ3v) is 3.52. The molecule has 1 aliphatic carbocycles. The zero-order valence-electron chi connectivity index (χ0n) is 10.5. The Bertz CT molecular complexity index is 404. The summed E-state index contributed by atoms with van der Waals surface area (Å²) < 4.78 is 5.54. The van der Waals surface area contributed by atoms with Crippen LogP contribution >= 0.6 is 0 Å². The topological polar surface area (TPSA) is 62.7 Å². The minimum atomic E-state index is -0.847. The van der Waals surface area contributed by atoms with Crippen molar-refractivity contribution in [3.05, 3.63) is 24.5 Å². The Morgan fingerprint density at radius 3 is 2.94 bits per heavy atom. The molecule has 1 amide bonds. The lowest BCUT2D eigenvalue weighted by Crippen LogP contribution is -2.38. The zero-order chi connectivity index (χ0) is 13.0. The SMILES string of the molecule is CN(C(=O)O)C1(CCCOc2cccnc2)CC1. The minimum absolute atomic E-state index is 0.135. The van der Waals surface area contributed by atoms with Crippen molar-refractivity contribution in [1.29, 1.82) is 0 Å². The average molecular weight is 250 g/mol. The van der Waals surface area contributed by atoms with Gasteiger partial charge in [-0.1, -0.05) is 0 Å². The van der Waals surface area contributed by atoms with Gasteiger partial charge in [-0.2, -0.15) is 0 Å². The summed E-state index contributed by atoms with van der Waals surface area (Å²) in [5, 5.41) is 8.98. The predicted octanol–water partition coefficient (Wildman–Crippen LogP) is 2.38. The third-order valence-electron chi connectivity index (χ3n) is 3.52. The number of nitrogens with zero attached hydrogens (tertiary/aromatic N) is 2. The molecule has 0 spiro atoms. The monoisotopic (exact) mass is 250 g/mol. The van der Waals surface area contributed by atoms with Crippen LogP contribution in [0.1, 0.15) is 25.7 Å². The van der Waals surface area contributed by atoms with Crippen LogP contribution in [0.25, 0.3) is 0 Å². The van der Waals surface area contributed by atoms with E-state index in [1.165, 1.54) is 4.90 Å². The lowest BCUT2D eigenvalue weighted by Gasteiger charge is -2.25. The van der Waals surface area contributed by atoms with Crippen LogP contribution in [-0.2, 0) is 0 Å². The molecule has 1 heterocycles. The summed E-state index contributed by atoms with van der Waals surface area (Å²) in [6.07, 6.45) is 6.17. The van der Waals surface area contributed by atoms with Gasteiger partial charge in [0.25, 0.3) is 0 Å². The first-order valence-corrected chi connectivity index (χ1v) is 6.14. The molecule has 0 saturated heterocycles. The van der Waals surface area contributed by atoms with Crippen LogP contribution in [0.4, 0.5) is 4.79 Å². The molecular weight excluding hydrogens is 232 g/mol. The maximum Gasteiger partial charge on any atom is 0.407 e. The number of hydrogen-bond donors (Lipinski definition) is 1. The highest BCUT2D eigenvalue weighted by molar-refractivity contribution is 5.66. The Kier molecular flexibility index (Phi) is 3.69. The molecule has 1 aromatic heterocycles. The van der Waals surface area contributed by atoms with E-state index in [9.17, 15) is 4.79 Å². The fourth-order valence-corrected chi connectivity index (χ4v) is 2.12. The van der Waals surface area contributed by atoms with Crippen molar-refractivity contribution in [2.45, 2.75) is 31.2 Å². The largest absolute Gasteiger partial charge is 0.492 e. The van der Waals surface area contributed by atoms with Gasteiger partial charge in [-0.15, -0.1) is 0 Å². The van der Waals surface area contributed by atoms with Crippen molar-refractivity contribution in [2.75, 3.05) is 13.7 Å². The molecule has 0 aliphatic heterocycles. The standard InChI is InChI=1S/C13H18N2O3/c1-15(12(16)17)13(6-7-13)5-3-9-18-11-4-2-8-14-10-11/h2,4,8,10H,3,5-7,9H2,1H3,(H,16,17). The van der Waals surface area contributed by atoms with Gasteiger partial charge in [-0.25, -0.2) is 4.79 Å². The van der Waals surface area contributed by atoms with Crippen LogP contribution < -0.4 is 4.74 Å². The molecule has 0 unspecified atom stereocenters. The molecular formula is C13H18N2O3. The Morgan fingerprint density at radius 2 is 2.39 bits per heavy atom. The zero-order valence-corrected chi connectivity index (χ0v) is 10.5. The van der Waals surface area contributed by atoms with Crippen molar-refractivity contribution < 1.29 is 14.6 Å². The second-order valence-electron chi connectivity index (χ2n) is 4.71. The van der Waals surface area contributed by atoms with Crippen molar-refractivity contribution >= 4 is 6.09 Å². The summed E-state index contributed by atoms with van der Waals surface area (Å²) in [5.41, 5.74) is -0.135. The number of amides is 1. The van der Waals surface area contributed by atoms with Gasteiger partial charge in [-0.3, -0.25) is 4.98 Å². The Morgan fingerprint density at radius 1 is 1.61 bits per heavy atom. The first kappa shape index (κ1) is 12.7. The molecule has 0 atom stereocenters. The second-order valence-corrected chi connectivity index (χ2v) is 4.71. The number of hydrogen-bond acceptors (Lipinski definition) is 3. The Balaban J connectivity index is 1.71. The number of aromatic nitrogens is 1. The van der Waals surface area contributed by atoms with E-state index in [1.807, 2.05) is 12.1 Å². The van der Waals surface area contributed by atoms with Crippen molar-refractivity contribution in [2.24, 2.45) is 0 Å². The molecule has 1 aliphatic rings. The normalized spacial score (nSPS) is 16.1. The molecule has 5 heteroatoms. The van der Waals surface area contributed by atoms with Gasteiger partial charge in [0, 0.05) is 18.8 Å². The van der Waals surface area contributed by atoms with E-state index in [-0.39, 0.29) is 5.54 Å². The molecule has 0 bridgehead atoms. The Labute approximate surface area is 106 Å². The summed E-state index contributed by atoms with van der Waals surface area (Å²) >= 11 is 0.